The van der Waals surface area contributed by atoms with Crippen LogP contribution in [0.2, 0.25) is 5.02 Å². The molecule has 2 aromatic heterocycles. The molecule has 4 heterocycles. The van der Waals surface area contributed by atoms with Crippen molar-refractivity contribution >= 4 is 34.8 Å². The van der Waals surface area contributed by atoms with Gasteiger partial charge in [-0.1, -0.05) is 11.6 Å². The van der Waals surface area contributed by atoms with Crippen molar-refractivity contribution in [3.05, 3.63) is 39.3 Å². The molecule has 24 heavy (non-hydrogen) atoms. The Morgan fingerprint density at radius 2 is 2.08 bits per heavy atom. The molecule has 2 saturated heterocycles. The zero-order valence-corrected chi connectivity index (χ0v) is 14.9. The maximum atomic E-state index is 13.1. The molecule has 0 N–H and O–H groups in total. The normalized spacial score (nSPS) is 20.8. The van der Waals surface area contributed by atoms with E-state index in [0.717, 1.165) is 45.3 Å². The van der Waals surface area contributed by atoms with Crippen LogP contribution in [0, 0.1) is 0 Å². The van der Waals surface area contributed by atoms with E-state index in [2.05, 4.69) is 31.7 Å². The first-order valence-corrected chi connectivity index (χ1v) is 9.66. The third kappa shape index (κ3) is 2.89. The average Bonchev–Trinajstić information content (AvgIpc) is 3.34. The fourth-order valence-electron chi connectivity index (χ4n) is 3.53. The van der Waals surface area contributed by atoms with Gasteiger partial charge in [0.05, 0.1) is 17.3 Å². The van der Waals surface area contributed by atoms with E-state index in [0.29, 0.717) is 16.7 Å². The van der Waals surface area contributed by atoms with E-state index in [4.69, 9.17) is 11.6 Å². The van der Waals surface area contributed by atoms with Crippen LogP contribution in [0.4, 0.5) is 5.95 Å². The second-order valence-corrected chi connectivity index (χ2v) is 7.46. The monoisotopic (exact) mass is 362 g/mol. The van der Waals surface area contributed by atoms with E-state index in [1.807, 2.05) is 4.90 Å². The molecule has 0 aliphatic carbocycles. The molecule has 1 unspecified atom stereocenters. The summed E-state index contributed by atoms with van der Waals surface area (Å²) in [6.07, 6.45) is 5.84. The van der Waals surface area contributed by atoms with Crippen molar-refractivity contribution in [3.8, 4) is 0 Å². The smallest absolute Gasteiger partial charge is 0.274 e. The molecular formula is C17H19ClN4OS. The summed E-state index contributed by atoms with van der Waals surface area (Å²) in [5.41, 5.74) is 1.53. The minimum Gasteiger partial charge on any atom is -0.341 e. The molecule has 126 valence electrons. The van der Waals surface area contributed by atoms with Crippen LogP contribution in [-0.2, 0) is 0 Å². The molecule has 0 saturated carbocycles. The van der Waals surface area contributed by atoms with E-state index >= 15 is 0 Å². The van der Waals surface area contributed by atoms with Gasteiger partial charge in [-0.25, -0.2) is 9.97 Å². The van der Waals surface area contributed by atoms with Gasteiger partial charge in [0.1, 0.15) is 0 Å². The quantitative estimate of drug-likeness (QED) is 0.834. The van der Waals surface area contributed by atoms with Crippen LogP contribution in [-0.4, -0.2) is 40.4 Å². The van der Waals surface area contributed by atoms with Gasteiger partial charge in [0.25, 0.3) is 5.91 Å². The van der Waals surface area contributed by atoms with Gasteiger partial charge < -0.3 is 9.80 Å². The number of hydrogen-bond acceptors (Lipinski definition) is 5. The molecule has 0 spiro atoms. The van der Waals surface area contributed by atoms with Gasteiger partial charge in [-0.05, 0) is 48.1 Å². The van der Waals surface area contributed by atoms with Crippen LogP contribution in [0.15, 0.2) is 23.0 Å². The topological polar surface area (TPSA) is 49.3 Å². The molecule has 2 aliphatic rings. The molecule has 2 fully saturated rings. The van der Waals surface area contributed by atoms with Crippen LogP contribution in [0.5, 0.6) is 0 Å². The van der Waals surface area contributed by atoms with E-state index in [1.165, 1.54) is 5.56 Å². The van der Waals surface area contributed by atoms with Gasteiger partial charge in [-0.3, -0.25) is 4.79 Å². The largest absolute Gasteiger partial charge is 0.341 e. The van der Waals surface area contributed by atoms with Crippen molar-refractivity contribution in [2.75, 3.05) is 24.5 Å². The fourth-order valence-corrected chi connectivity index (χ4v) is 4.41. The second-order valence-electron chi connectivity index (χ2n) is 6.27. The summed E-state index contributed by atoms with van der Waals surface area (Å²) in [6.45, 7) is 2.63. The van der Waals surface area contributed by atoms with E-state index < -0.39 is 0 Å². The number of carbonyl (C=O) groups is 1. The third-order valence-electron chi connectivity index (χ3n) is 4.76. The summed E-state index contributed by atoms with van der Waals surface area (Å²) in [5.74, 6) is 0.531. The molecule has 0 radical (unpaired) electrons. The number of carbonyl (C=O) groups excluding carboxylic acids is 1. The predicted molar refractivity (Wildman–Crippen MR) is 95.8 cm³/mol. The highest BCUT2D eigenvalue weighted by Gasteiger charge is 2.33. The Morgan fingerprint density at radius 3 is 2.83 bits per heavy atom. The van der Waals surface area contributed by atoms with Gasteiger partial charge in [0, 0.05) is 19.6 Å². The van der Waals surface area contributed by atoms with Crippen molar-refractivity contribution < 1.29 is 4.79 Å². The van der Waals surface area contributed by atoms with Crippen molar-refractivity contribution in [2.24, 2.45) is 0 Å². The summed E-state index contributed by atoms with van der Waals surface area (Å²) in [5, 5.41) is 4.51. The van der Waals surface area contributed by atoms with E-state index in [1.54, 1.807) is 17.5 Å². The van der Waals surface area contributed by atoms with E-state index in [9.17, 15) is 4.79 Å². The molecule has 1 atom stereocenters. The Labute approximate surface area is 150 Å². The van der Waals surface area contributed by atoms with Crippen molar-refractivity contribution in [1.82, 2.24) is 14.9 Å². The van der Waals surface area contributed by atoms with Crippen molar-refractivity contribution in [1.29, 1.82) is 0 Å². The van der Waals surface area contributed by atoms with Gasteiger partial charge in [0.2, 0.25) is 5.95 Å². The number of rotatable bonds is 3. The Bertz CT molecular complexity index is 730. The standard InChI is InChI=1S/C17H19ClN4OS/c18-13-10-19-17(21-6-1-2-7-21)20-15(13)16(23)22-8-3-4-14(22)12-5-9-24-11-12/h5,9-11,14H,1-4,6-8H2. The molecular weight excluding hydrogens is 344 g/mol. The number of likely N-dealkylation sites (tertiary alicyclic amines) is 1. The molecule has 0 aromatic carbocycles. The van der Waals surface area contributed by atoms with Crippen LogP contribution < -0.4 is 4.90 Å². The van der Waals surface area contributed by atoms with Crippen LogP contribution in [0.1, 0.15) is 47.8 Å². The highest BCUT2D eigenvalue weighted by atomic mass is 35.5. The highest BCUT2D eigenvalue weighted by Crippen LogP contribution is 2.35. The number of halogens is 1. The minimum atomic E-state index is -0.0865. The Balaban J connectivity index is 1.62. The predicted octanol–water partition coefficient (Wildman–Crippen LogP) is 3.77. The highest BCUT2D eigenvalue weighted by molar-refractivity contribution is 7.08. The van der Waals surface area contributed by atoms with Gasteiger partial charge in [0.15, 0.2) is 5.69 Å². The molecule has 2 aromatic rings. The average molecular weight is 363 g/mol. The third-order valence-corrected chi connectivity index (χ3v) is 5.74. The zero-order valence-electron chi connectivity index (χ0n) is 13.3. The lowest BCUT2D eigenvalue weighted by molar-refractivity contribution is 0.0730. The van der Waals surface area contributed by atoms with Crippen LogP contribution in [0.25, 0.3) is 0 Å². The zero-order chi connectivity index (χ0) is 16.5. The summed E-state index contributed by atoms with van der Waals surface area (Å²) >= 11 is 7.92. The van der Waals surface area contributed by atoms with Gasteiger partial charge in [-0.15, -0.1) is 0 Å². The molecule has 0 bridgehead atoms. The number of amides is 1. The molecule has 5 nitrogen and oxygen atoms in total. The Morgan fingerprint density at radius 1 is 1.25 bits per heavy atom. The maximum Gasteiger partial charge on any atom is 0.274 e. The summed E-state index contributed by atoms with van der Waals surface area (Å²) in [6, 6.07) is 2.23. The molecule has 1 amide bonds. The first kappa shape index (κ1) is 15.8. The molecule has 4 rings (SSSR count). The van der Waals surface area contributed by atoms with Crippen LogP contribution >= 0.6 is 22.9 Å². The van der Waals surface area contributed by atoms with Crippen LogP contribution in [0.3, 0.4) is 0 Å². The maximum absolute atomic E-state index is 13.1. The molecule has 7 heteroatoms. The lowest BCUT2D eigenvalue weighted by atomic mass is 10.1. The fraction of sp³-hybridized carbons (Fsp3) is 0.471. The number of aromatic nitrogens is 2. The first-order valence-electron chi connectivity index (χ1n) is 8.34. The van der Waals surface area contributed by atoms with Crippen molar-refractivity contribution in [3.63, 3.8) is 0 Å². The molecule has 2 aliphatic heterocycles. The number of hydrogen-bond donors (Lipinski definition) is 0. The summed E-state index contributed by atoms with van der Waals surface area (Å²) in [7, 11) is 0. The van der Waals surface area contributed by atoms with Gasteiger partial charge in [-0.2, -0.15) is 11.3 Å². The summed E-state index contributed by atoms with van der Waals surface area (Å²) < 4.78 is 0. The van der Waals surface area contributed by atoms with E-state index in [-0.39, 0.29) is 11.9 Å². The summed E-state index contributed by atoms with van der Waals surface area (Å²) in [4.78, 5) is 25.9. The SMILES string of the molecule is O=C(c1nc(N2CCCC2)ncc1Cl)N1CCCC1c1ccsc1. The van der Waals surface area contributed by atoms with Gasteiger partial charge >= 0.3 is 0 Å². The number of anilines is 1. The Kier molecular flexibility index (Phi) is 4.41. The number of thiophene rings is 1. The minimum absolute atomic E-state index is 0.0865. The van der Waals surface area contributed by atoms with Crippen molar-refractivity contribution in [2.45, 2.75) is 31.7 Å². The lowest BCUT2D eigenvalue weighted by Gasteiger charge is -2.25. The second kappa shape index (κ2) is 6.69. The first-order chi connectivity index (χ1) is 11.7. The lowest BCUT2D eigenvalue weighted by Crippen LogP contribution is -2.32. The number of nitrogens with zero attached hydrogens (tertiary/aromatic N) is 4. The Hall–Kier alpha value is -1.66.